The van der Waals surface area contributed by atoms with Gasteiger partial charge in [0, 0.05) is 18.5 Å². The van der Waals surface area contributed by atoms with E-state index in [1.165, 1.54) is 11.3 Å². The predicted molar refractivity (Wildman–Crippen MR) is 109 cm³/mol. The fraction of sp³-hybridized carbons (Fsp3) is 0.263. The Morgan fingerprint density at radius 2 is 2.04 bits per heavy atom. The van der Waals surface area contributed by atoms with Gasteiger partial charge in [-0.3, -0.25) is 4.79 Å². The van der Waals surface area contributed by atoms with Crippen LogP contribution in [0, 0.1) is 0 Å². The number of hydrogen-bond acceptors (Lipinski definition) is 5. The molecule has 1 aliphatic heterocycles. The van der Waals surface area contributed by atoms with Crippen molar-refractivity contribution in [2.45, 2.75) is 12.5 Å². The van der Waals surface area contributed by atoms with Crippen LogP contribution in [0.1, 0.15) is 16.8 Å². The molecule has 3 heterocycles. The van der Waals surface area contributed by atoms with Crippen molar-refractivity contribution in [2.24, 2.45) is 0 Å². The molecule has 1 fully saturated rings. The van der Waals surface area contributed by atoms with Gasteiger partial charge in [-0.05, 0) is 30.7 Å². The van der Waals surface area contributed by atoms with Crippen molar-refractivity contribution >= 4 is 49.6 Å². The van der Waals surface area contributed by atoms with E-state index in [2.05, 4.69) is 4.98 Å². The zero-order valence-corrected chi connectivity index (χ0v) is 16.9. The number of fused-ring (bicyclic) bond motifs is 1. The topological polar surface area (TPSA) is 67.3 Å². The Morgan fingerprint density at radius 3 is 2.70 bits per heavy atom. The van der Waals surface area contributed by atoms with Gasteiger partial charge < -0.3 is 4.90 Å². The molecule has 5 nitrogen and oxygen atoms in total. The zero-order valence-electron chi connectivity index (χ0n) is 14.6. The number of thiophene rings is 1. The first-order valence-electron chi connectivity index (χ1n) is 8.47. The van der Waals surface area contributed by atoms with Crippen molar-refractivity contribution in [3.8, 4) is 10.6 Å². The third kappa shape index (κ3) is 3.59. The van der Waals surface area contributed by atoms with Crippen LogP contribution >= 0.6 is 22.9 Å². The quantitative estimate of drug-likeness (QED) is 0.644. The number of halogens is 1. The Bertz CT molecular complexity index is 1140. The molecule has 0 bridgehead atoms. The van der Waals surface area contributed by atoms with Crippen LogP contribution in [0.15, 0.2) is 42.5 Å². The maximum Gasteiger partial charge on any atom is 0.254 e. The molecule has 1 atom stereocenters. The molecule has 1 aromatic carbocycles. The van der Waals surface area contributed by atoms with Crippen LogP contribution in [-0.4, -0.2) is 48.8 Å². The molecule has 1 amide bonds. The molecule has 0 aliphatic carbocycles. The van der Waals surface area contributed by atoms with Gasteiger partial charge in [-0.2, -0.15) is 0 Å². The molecule has 0 radical (unpaired) electrons. The molecule has 1 saturated heterocycles. The number of hydrogen-bond donors (Lipinski definition) is 0. The number of rotatable bonds is 3. The van der Waals surface area contributed by atoms with Gasteiger partial charge in [-0.15, -0.1) is 11.3 Å². The van der Waals surface area contributed by atoms with Gasteiger partial charge in [0.15, 0.2) is 9.84 Å². The van der Waals surface area contributed by atoms with E-state index in [1.807, 2.05) is 30.3 Å². The fourth-order valence-electron chi connectivity index (χ4n) is 3.37. The first kappa shape index (κ1) is 18.4. The Balaban J connectivity index is 1.79. The average Bonchev–Trinajstić information content (AvgIpc) is 3.24. The summed E-state index contributed by atoms with van der Waals surface area (Å²) < 4.78 is 24.3. The monoisotopic (exact) mass is 420 g/mol. The maximum atomic E-state index is 13.2. The van der Waals surface area contributed by atoms with E-state index in [9.17, 15) is 13.2 Å². The highest BCUT2D eigenvalue weighted by Crippen LogP contribution is 2.33. The number of sulfone groups is 1. The minimum atomic E-state index is -3.07. The summed E-state index contributed by atoms with van der Waals surface area (Å²) in [6.07, 6.45) is 0.473. The molecule has 3 aromatic rings. The molecule has 0 N–H and O–H groups in total. The Hall–Kier alpha value is -1.96. The van der Waals surface area contributed by atoms with Crippen molar-refractivity contribution in [1.82, 2.24) is 9.88 Å². The number of amides is 1. The van der Waals surface area contributed by atoms with Gasteiger partial charge in [0.1, 0.15) is 0 Å². The summed E-state index contributed by atoms with van der Waals surface area (Å²) in [7, 11) is -1.39. The Kier molecular flexibility index (Phi) is 4.70. The van der Waals surface area contributed by atoms with Crippen LogP contribution in [-0.2, 0) is 9.84 Å². The summed E-state index contributed by atoms with van der Waals surface area (Å²) in [5.41, 5.74) is 1.92. The molecule has 140 valence electrons. The van der Waals surface area contributed by atoms with Gasteiger partial charge in [0.2, 0.25) is 0 Å². The predicted octanol–water partition coefficient (Wildman–Crippen LogP) is 3.88. The number of para-hydroxylation sites is 1. The number of aromatic nitrogens is 1. The lowest BCUT2D eigenvalue weighted by Gasteiger charge is -2.24. The minimum absolute atomic E-state index is 0.0195. The van der Waals surface area contributed by atoms with Crippen LogP contribution in [0.5, 0.6) is 0 Å². The molecule has 27 heavy (non-hydrogen) atoms. The number of carbonyl (C=O) groups excluding carboxylic acids is 1. The van der Waals surface area contributed by atoms with E-state index in [0.717, 1.165) is 15.8 Å². The summed E-state index contributed by atoms with van der Waals surface area (Å²) >= 11 is 7.45. The number of benzene rings is 1. The Morgan fingerprint density at radius 1 is 1.26 bits per heavy atom. The van der Waals surface area contributed by atoms with Crippen LogP contribution in [0.3, 0.4) is 0 Å². The van der Waals surface area contributed by atoms with E-state index in [1.54, 1.807) is 24.1 Å². The molecular formula is C19H17ClN2O3S2. The SMILES string of the molecule is CN(C(=O)c1cc(-c2ccc(Cl)s2)nc2ccccc12)C1CCS(=O)(=O)C1. The normalized spacial score (nSPS) is 18.7. The third-order valence-electron chi connectivity index (χ3n) is 4.85. The summed E-state index contributed by atoms with van der Waals surface area (Å²) in [5.74, 6) is -0.0450. The molecular weight excluding hydrogens is 404 g/mol. The second kappa shape index (κ2) is 6.89. The van der Waals surface area contributed by atoms with Gasteiger partial charge in [-0.1, -0.05) is 29.8 Å². The van der Waals surface area contributed by atoms with Crippen molar-refractivity contribution in [3.05, 3.63) is 52.4 Å². The molecule has 1 aliphatic rings. The van der Waals surface area contributed by atoms with Gasteiger partial charge in [0.05, 0.1) is 37.5 Å². The summed E-state index contributed by atoms with van der Waals surface area (Å²) in [6, 6.07) is 12.6. The van der Waals surface area contributed by atoms with E-state index < -0.39 is 9.84 Å². The van der Waals surface area contributed by atoms with Crippen molar-refractivity contribution < 1.29 is 13.2 Å². The Labute approximate surface area is 166 Å². The molecule has 2 aromatic heterocycles. The van der Waals surface area contributed by atoms with Crippen LogP contribution < -0.4 is 0 Å². The van der Waals surface area contributed by atoms with Crippen molar-refractivity contribution in [3.63, 3.8) is 0 Å². The first-order chi connectivity index (χ1) is 12.8. The van der Waals surface area contributed by atoms with Crippen LogP contribution in [0.2, 0.25) is 4.34 Å². The van der Waals surface area contributed by atoms with E-state index >= 15 is 0 Å². The molecule has 0 saturated carbocycles. The summed E-state index contributed by atoms with van der Waals surface area (Å²) in [5, 5.41) is 0.751. The van der Waals surface area contributed by atoms with Gasteiger partial charge in [0.25, 0.3) is 5.91 Å². The average molecular weight is 421 g/mol. The van der Waals surface area contributed by atoms with Crippen molar-refractivity contribution in [2.75, 3.05) is 18.6 Å². The highest BCUT2D eigenvalue weighted by Gasteiger charge is 2.33. The molecule has 1 unspecified atom stereocenters. The van der Waals surface area contributed by atoms with E-state index in [4.69, 9.17) is 11.6 Å². The lowest BCUT2D eigenvalue weighted by molar-refractivity contribution is 0.0749. The van der Waals surface area contributed by atoms with Crippen LogP contribution in [0.4, 0.5) is 0 Å². The number of pyridine rings is 1. The third-order valence-corrected chi connectivity index (χ3v) is 7.85. The fourth-order valence-corrected chi connectivity index (χ4v) is 6.15. The largest absolute Gasteiger partial charge is 0.338 e. The van der Waals surface area contributed by atoms with Gasteiger partial charge >= 0.3 is 0 Å². The highest BCUT2D eigenvalue weighted by molar-refractivity contribution is 7.91. The standard InChI is InChI=1S/C19H17ClN2O3S2/c1-22(12-8-9-27(24,25)11-12)19(23)14-10-16(17-6-7-18(20)26-17)21-15-5-3-2-4-13(14)15/h2-7,10,12H,8-9,11H2,1H3. The van der Waals surface area contributed by atoms with Crippen molar-refractivity contribution in [1.29, 1.82) is 0 Å². The van der Waals surface area contributed by atoms with Crippen LogP contribution in [0.25, 0.3) is 21.5 Å². The summed E-state index contributed by atoms with van der Waals surface area (Å²) in [6.45, 7) is 0. The second-order valence-corrected chi connectivity index (χ2v) is 10.6. The van der Waals surface area contributed by atoms with E-state index in [0.29, 0.717) is 22.0 Å². The smallest absolute Gasteiger partial charge is 0.254 e. The van der Waals surface area contributed by atoms with E-state index in [-0.39, 0.29) is 23.5 Å². The molecule has 0 spiro atoms. The minimum Gasteiger partial charge on any atom is -0.338 e. The number of nitrogens with zero attached hydrogens (tertiary/aromatic N) is 2. The zero-order chi connectivity index (χ0) is 19.2. The lowest BCUT2D eigenvalue weighted by Crippen LogP contribution is -2.38. The first-order valence-corrected chi connectivity index (χ1v) is 11.5. The molecule has 4 rings (SSSR count). The maximum absolute atomic E-state index is 13.2. The lowest BCUT2D eigenvalue weighted by atomic mass is 10.0. The number of carbonyl (C=O) groups is 1. The van der Waals surface area contributed by atoms with Gasteiger partial charge in [-0.25, -0.2) is 13.4 Å². The molecule has 8 heteroatoms. The highest BCUT2D eigenvalue weighted by atomic mass is 35.5. The summed E-state index contributed by atoms with van der Waals surface area (Å²) in [4.78, 5) is 20.3. The second-order valence-electron chi connectivity index (χ2n) is 6.65.